The molecule has 0 amide bonds. The lowest BCUT2D eigenvalue weighted by molar-refractivity contribution is -0.123. The molecule has 3 fully saturated rings. The molecule has 2 nitrogen and oxygen atoms in total. The van der Waals surface area contributed by atoms with E-state index in [2.05, 4.69) is 19.1 Å². The Morgan fingerprint density at radius 1 is 1.12 bits per heavy atom. The highest BCUT2D eigenvalue weighted by Crippen LogP contribution is 2.67. The maximum Gasteiger partial charge on any atom is 0.0958 e. The van der Waals surface area contributed by atoms with Crippen molar-refractivity contribution in [2.45, 2.75) is 70.3 Å². The van der Waals surface area contributed by atoms with E-state index in [1.807, 2.05) is 7.11 Å². The molecule has 5 aliphatic rings. The molecule has 1 saturated heterocycles. The average Bonchev–Trinajstić information content (AvgIpc) is 3.21. The van der Waals surface area contributed by atoms with Crippen LogP contribution < -0.4 is 0 Å². The maximum absolute atomic E-state index is 6.45. The molecule has 132 valence electrons. The third kappa shape index (κ3) is 1.92. The standard InChI is InChI=1S/C22H32O2/c1-21-11-8-18-17-7-5-16(23-2)14-15(17)4-6-19(18)20(21)9-12-22(21)10-3-13-24-22/h4,14,17-20H,3,5-13H2,1-2H3. The molecule has 4 aliphatic carbocycles. The van der Waals surface area contributed by atoms with Crippen molar-refractivity contribution in [3.8, 4) is 0 Å². The first kappa shape index (κ1) is 15.5. The van der Waals surface area contributed by atoms with Crippen LogP contribution in [0, 0.1) is 29.1 Å². The van der Waals surface area contributed by atoms with Gasteiger partial charge in [-0.2, -0.15) is 0 Å². The summed E-state index contributed by atoms with van der Waals surface area (Å²) in [6, 6.07) is 0. The molecule has 0 bridgehead atoms. The first-order valence-corrected chi connectivity index (χ1v) is 10.3. The molecule has 2 heteroatoms. The van der Waals surface area contributed by atoms with Crippen molar-refractivity contribution in [2.75, 3.05) is 13.7 Å². The number of hydrogen-bond acceptors (Lipinski definition) is 2. The van der Waals surface area contributed by atoms with Gasteiger partial charge in [-0.05, 0) is 92.1 Å². The van der Waals surface area contributed by atoms with Crippen LogP contribution in [0.2, 0.25) is 0 Å². The van der Waals surface area contributed by atoms with Gasteiger partial charge in [-0.3, -0.25) is 0 Å². The summed E-state index contributed by atoms with van der Waals surface area (Å²) in [5.74, 6) is 4.69. The molecule has 2 saturated carbocycles. The van der Waals surface area contributed by atoms with Gasteiger partial charge in [0.05, 0.1) is 18.5 Å². The summed E-state index contributed by atoms with van der Waals surface area (Å²) in [6.07, 6.45) is 16.8. The Morgan fingerprint density at radius 2 is 2.04 bits per heavy atom. The highest BCUT2D eigenvalue weighted by atomic mass is 16.5. The molecular weight excluding hydrogens is 296 g/mol. The zero-order chi connectivity index (χ0) is 16.4. The highest BCUT2D eigenvalue weighted by Gasteiger charge is 2.63. The summed E-state index contributed by atoms with van der Waals surface area (Å²) in [5, 5.41) is 0. The van der Waals surface area contributed by atoms with E-state index in [9.17, 15) is 0 Å². The molecule has 24 heavy (non-hydrogen) atoms. The van der Waals surface area contributed by atoms with Gasteiger partial charge in [-0.1, -0.05) is 13.0 Å². The van der Waals surface area contributed by atoms with E-state index in [0.717, 1.165) is 36.7 Å². The van der Waals surface area contributed by atoms with Gasteiger partial charge in [-0.25, -0.2) is 0 Å². The zero-order valence-corrected chi connectivity index (χ0v) is 15.4. The lowest BCUT2D eigenvalue weighted by atomic mass is 9.51. The second kappa shape index (κ2) is 5.37. The van der Waals surface area contributed by atoms with Crippen LogP contribution in [0.15, 0.2) is 23.5 Å². The number of methoxy groups -OCH3 is 1. The Morgan fingerprint density at radius 3 is 2.83 bits per heavy atom. The lowest BCUT2D eigenvalue weighted by Crippen LogP contribution is -2.52. The minimum Gasteiger partial charge on any atom is -0.501 e. The predicted octanol–water partition coefficient (Wildman–Crippen LogP) is 5.25. The molecule has 0 radical (unpaired) electrons. The van der Waals surface area contributed by atoms with E-state index in [1.165, 1.54) is 57.1 Å². The number of ether oxygens (including phenoxy) is 2. The van der Waals surface area contributed by atoms with Crippen LogP contribution >= 0.6 is 0 Å². The monoisotopic (exact) mass is 328 g/mol. The van der Waals surface area contributed by atoms with Gasteiger partial charge in [0.1, 0.15) is 0 Å². The van der Waals surface area contributed by atoms with Crippen LogP contribution in [0.4, 0.5) is 0 Å². The summed E-state index contributed by atoms with van der Waals surface area (Å²) in [6.45, 7) is 3.60. The molecule has 0 N–H and O–H groups in total. The fourth-order valence-electron chi connectivity index (χ4n) is 7.53. The van der Waals surface area contributed by atoms with E-state index in [4.69, 9.17) is 9.47 Å². The second-order valence-corrected chi connectivity index (χ2v) is 9.28. The maximum atomic E-state index is 6.45. The highest BCUT2D eigenvalue weighted by molar-refractivity contribution is 5.31. The fraction of sp³-hybridized carbons (Fsp3) is 0.818. The summed E-state index contributed by atoms with van der Waals surface area (Å²) >= 11 is 0. The normalized spacial score (nSPS) is 49.9. The number of allylic oxidation sites excluding steroid dienone is 4. The summed E-state index contributed by atoms with van der Waals surface area (Å²) < 4.78 is 12.0. The Balaban J connectivity index is 1.45. The minimum atomic E-state index is 0.238. The van der Waals surface area contributed by atoms with Gasteiger partial charge in [0.25, 0.3) is 0 Å². The van der Waals surface area contributed by atoms with Crippen molar-refractivity contribution in [3.05, 3.63) is 23.5 Å². The molecule has 5 rings (SSSR count). The number of hydrogen-bond donors (Lipinski definition) is 0. The molecule has 6 atom stereocenters. The van der Waals surface area contributed by atoms with Crippen molar-refractivity contribution in [1.82, 2.24) is 0 Å². The lowest BCUT2D eigenvalue weighted by Gasteiger charge is -2.55. The van der Waals surface area contributed by atoms with Crippen molar-refractivity contribution in [3.63, 3.8) is 0 Å². The van der Waals surface area contributed by atoms with E-state index < -0.39 is 0 Å². The number of rotatable bonds is 1. The van der Waals surface area contributed by atoms with Crippen LogP contribution in [-0.4, -0.2) is 19.3 Å². The number of fused-ring (bicyclic) bond motifs is 6. The average molecular weight is 328 g/mol. The van der Waals surface area contributed by atoms with Crippen molar-refractivity contribution >= 4 is 0 Å². The Labute approximate surface area is 146 Å². The van der Waals surface area contributed by atoms with E-state index in [1.54, 1.807) is 5.57 Å². The molecule has 0 aromatic rings. The molecule has 0 aromatic heterocycles. The first-order chi connectivity index (χ1) is 11.7. The molecule has 1 heterocycles. The summed E-state index contributed by atoms with van der Waals surface area (Å²) in [5.41, 5.74) is 2.27. The van der Waals surface area contributed by atoms with Gasteiger partial charge in [-0.15, -0.1) is 0 Å². The van der Waals surface area contributed by atoms with Gasteiger partial charge >= 0.3 is 0 Å². The SMILES string of the molecule is COC1=CC2=CCC3C(CCC4(C)C3CCC43CCCO3)C2CC1. The van der Waals surface area contributed by atoms with E-state index in [-0.39, 0.29) is 5.60 Å². The van der Waals surface area contributed by atoms with Crippen LogP contribution in [0.1, 0.15) is 64.7 Å². The Bertz CT molecular complexity index is 583. The Kier molecular flexibility index (Phi) is 3.46. The summed E-state index contributed by atoms with van der Waals surface area (Å²) in [4.78, 5) is 0. The van der Waals surface area contributed by atoms with Crippen LogP contribution in [0.3, 0.4) is 0 Å². The first-order valence-electron chi connectivity index (χ1n) is 10.3. The van der Waals surface area contributed by atoms with Gasteiger partial charge in [0.15, 0.2) is 0 Å². The molecule has 1 aliphatic heterocycles. The quantitative estimate of drug-likeness (QED) is 0.654. The summed E-state index contributed by atoms with van der Waals surface area (Å²) in [7, 11) is 1.82. The third-order valence-corrected chi connectivity index (χ3v) is 8.75. The minimum absolute atomic E-state index is 0.238. The molecule has 1 spiro atoms. The van der Waals surface area contributed by atoms with E-state index in [0.29, 0.717) is 5.41 Å². The third-order valence-electron chi connectivity index (χ3n) is 8.75. The van der Waals surface area contributed by atoms with Crippen molar-refractivity contribution in [1.29, 1.82) is 0 Å². The van der Waals surface area contributed by atoms with Gasteiger partial charge in [0.2, 0.25) is 0 Å². The molecule has 0 aromatic carbocycles. The molecular formula is C22H32O2. The molecule has 6 unspecified atom stereocenters. The van der Waals surface area contributed by atoms with Gasteiger partial charge in [0, 0.05) is 13.0 Å². The van der Waals surface area contributed by atoms with Crippen LogP contribution in [0.5, 0.6) is 0 Å². The topological polar surface area (TPSA) is 18.5 Å². The van der Waals surface area contributed by atoms with Gasteiger partial charge < -0.3 is 9.47 Å². The van der Waals surface area contributed by atoms with Crippen molar-refractivity contribution in [2.24, 2.45) is 29.1 Å². The van der Waals surface area contributed by atoms with Crippen LogP contribution in [0.25, 0.3) is 0 Å². The second-order valence-electron chi connectivity index (χ2n) is 9.28. The predicted molar refractivity (Wildman–Crippen MR) is 95.5 cm³/mol. The zero-order valence-electron chi connectivity index (χ0n) is 15.4. The largest absolute Gasteiger partial charge is 0.501 e. The van der Waals surface area contributed by atoms with E-state index >= 15 is 0 Å². The smallest absolute Gasteiger partial charge is 0.0958 e. The van der Waals surface area contributed by atoms with Crippen LogP contribution in [-0.2, 0) is 9.47 Å². The fourth-order valence-corrected chi connectivity index (χ4v) is 7.53. The van der Waals surface area contributed by atoms with Crippen molar-refractivity contribution < 1.29 is 9.47 Å². The Hall–Kier alpha value is -0.760.